The molecular formula is C18H25N3O5. The maximum Gasteiger partial charge on any atom is 0.317 e. The van der Waals surface area contributed by atoms with Crippen LogP contribution in [0.15, 0.2) is 24.3 Å². The zero-order valence-electron chi connectivity index (χ0n) is 15.1. The molecular weight excluding hydrogens is 338 g/mol. The van der Waals surface area contributed by atoms with Gasteiger partial charge in [-0.2, -0.15) is 0 Å². The van der Waals surface area contributed by atoms with Crippen LogP contribution in [0.4, 0.5) is 4.79 Å². The van der Waals surface area contributed by atoms with Crippen LogP contribution in [-0.2, 0) is 16.1 Å². The first-order chi connectivity index (χ1) is 12.3. The summed E-state index contributed by atoms with van der Waals surface area (Å²) in [7, 11) is 0. The van der Waals surface area contributed by atoms with Crippen LogP contribution in [0.2, 0.25) is 0 Å². The highest BCUT2D eigenvalue weighted by Crippen LogP contribution is 2.30. The van der Waals surface area contributed by atoms with Gasteiger partial charge in [-0.25, -0.2) is 4.79 Å². The molecule has 1 aromatic carbocycles. The maximum absolute atomic E-state index is 12.2. The number of nitrogens with one attached hydrogen (secondary N) is 2. The molecule has 0 spiro atoms. The molecule has 26 heavy (non-hydrogen) atoms. The molecule has 0 aromatic heterocycles. The predicted molar refractivity (Wildman–Crippen MR) is 94.8 cm³/mol. The van der Waals surface area contributed by atoms with Crippen molar-refractivity contribution in [2.24, 2.45) is 5.41 Å². The molecule has 0 bridgehead atoms. The molecule has 1 heterocycles. The molecule has 0 aliphatic carbocycles. The van der Waals surface area contributed by atoms with E-state index in [-0.39, 0.29) is 31.6 Å². The average molecular weight is 363 g/mol. The van der Waals surface area contributed by atoms with Gasteiger partial charge in [0.1, 0.15) is 5.75 Å². The Morgan fingerprint density at radius 2 is 2.08 bits per heavy atom. The van der Waals surface area contributed by atoms with Crippen molar-refractivity contribution in [2.75, 3.05) is 26.2 Å². The van der Waals surface area contributed by atoms with E-state index in [0.29, 0.717) is 25.3 Å². The summed E-state index contributed by atoms with van der Waals surface area (Å²) in [6.07, 6.45) is 0.443. The summed E-state index contributed by atoms with van der Waals surface area (Å²) < 4.78 is 5.42. The van der Waals surface area contributed by atoms with Crippen LogP contribution < -0.4 is 15.4 Å². The molecule has 1 aromatic rings. The molecule has 0 radical (unpaired) electrons. The number of ether oxygens (including phenoxy) is 1. The van der Waals surface area contributed by atoms with Crippen molar-refractivity contribution < 1.29 is 24.2 Å². The molecule has 3 amide bonds. The molecule has 1 saturated heterocycles. The first-order valence-corrected chi connectivity index (χ1v) is 8.58. The van der Waals surface area contributed by atoms with Crippen molar-refractivity contribution in [3.8, 4) is 5.75 Å². The number of aliphatic carboxylic acids is 1. The zero-order valence-corrected chi connectivity index (χ0v) is 15.1. The van der Waals surface area contributed by atoms with Gasteiger partial charge in [-0.3, -0.25) is 9.59 Å². The largest absolute Gasteiger partial charge is 0.484 e. The Morgan fingerprint density at radius 1 is 1.31 bits per heavy atom. The third kappa shape index (κ3) is 5.11. The number of hydrogen-bond donors (Lipinski definition) is 3. The molecule has 1 atom stereocenters. The van der Waals surface area contributed by atoms with Crippen molar-refractivity contribution in [1.29, 1.82) is 0 Å². The quantitative estimate of drug-likeness (QED) is 0.675. The molecule has 1 aliphatic rings. The Hall–Kier alpha value is -2.77. The lowest BCUT2D eigenvalue weighted by Gasteiger charge is -2.20. The van der Waals surface area contributed by atoms with Crippen LogP contribution in [0.1, 0.15) is 25.8 Å². The van der Waals surface area contributed by atoms with Crippen molar-refractivity contribution in [1.82, 2.24) is 15.5 Å². The van der Waals surface area contributed by atoms with Crippen molar-refractivity contribution >= 4 is 17.9 Å². The maximum atomic E-state index is 12.2. The van der Waals surface area contributed by atoms with Gasteiger partial charge in [-0.1, -0.05) is 12.1 Å². The zero-order chi connectivity index (χ0) is 19.2. The van der Waals surface area contributed by atoms with Gasteiger partial charge in [0, 0.05) is 26.2 Å². The standard InChI is InChI=1S/C18H25N3O5/c1-3-19-15(22)11-26-14-6-4-5-13(9-14)10-20-17(25)21-8-7-18(2,12-21)16(23)24/h4-6,9H,3,7-8,10-12H2,1-2H3,(H,19,22)(H,20,25)(H,23,24). The number of likely N-dealkylation sites (tertiary alicyclic amines) is 1. The van der Waals surface area contributed by atoms with Gasteiger partial charge in [0.05, 0.1) is 5.41 Å². The van der Waals surface area contributed by atoms with E-state index >= 15 is 0 Å². The van der Waals surface area contributed by atoms with Gasteiger partial charge in [0.25, 0.3) is 5.91 Å². The number of amides is 3. The van der Waals surface area contributed by atoms with Crippen LogP contribution >= 0.6 is 0 Å². The number of nitrogens with zero attached hydrogens (tertiary/aromatic N) is 1. The summed E-state index contributed by atoms with van der Waals surface area (Å²) in [4.78, 5) is 36.4. The fraction of sp³-hybridized carbons (Fsp3) is 0.500. The van der Waals surface area contributed by atoms with E-state index < -0.39 is 11.4 Å². The summed E-state index contributed by atoms with van der Waals surface area (Å²) in [5.41, 5.74) is -0.0589. The third-order valence-electron chi connectivity index (χ3n) is 4.36. The minimum Gasteiger partial charge on any atom is -0.484 e. The lowest BCUT2D eigenvalue weighted by atomic mass is 9.90. The van der Waals surface area contributed by atoms with Crippen LogP contribution in [0.5, 0.6) is 5.75 Å². The first-order valence-electron chi connectivity index (χ1n) is 8.58. The van der Waals surface area contributed by atoms with Crippen LogP contribution in [0.25, 0.3) is 0 Å². The second kappa shape index (κ2) is 8.55. The van der Waals surface area contributed by atoms with Crippen molar-refractivity contribution in [3.05, 3.63) is 29.8 Å². The fourth-order valence-electron chi connectivity index (χ4n) is 2.74. The molecule has 142 valence electrons. The van der Waals surface area contributed by atoms with E-state index in [0.717, 1.165) is 5.56 Å². The van der Waals surface area contributed by atoms with Crippen molar-refractivity contribution in [3.63, 3.8) is 0 Å². The molecule has 1 fully saturated rings. The van der Waals surface area contributed by atoms with Crippen LogP contribution in [0, 0.1) is 5.41 Å². The van der Waals surface area contributed by atoms with Crippen molar-refractivity contribution in [2.45, 2.75) is 26.8 Å². The third-order valence-corrected chi connectivity index (χ3v) is 4.36. The molecule has 8 nitrogen and oxygen atoms in total. The minimum absolute atomic E-state index is 0.0643. The van der Waals surface area contributed by atoms with Gasteiger partial charge >= 0.3 is 12.0 Å². The summed E-state index contributed by atoms with van der Waals surface area (Å²) in [6, 6.07) is 6.83. The molecule has 1 aliphatic heterocycles. The number of carbonyl (C=O) groups excluding carboxylic acids is 2. The number of hydrogen-bond acceptors (Lipinski definition) is 4. The fourth-order valence-corrected chi connectivity index (χ4v) is 2.74. The average Bonchev–Trinajstić information content (AvgIpc) is 3.02. The number of carboxylic acids is 1. The van der Waals surface area contributed by atoms with E-state index in [9.17, 15) is 19.5 Å². The highest BCUT2D eigenvalue weighted by molar-refractivity contribution is 5.79. The molecule has 0 saturated carbocycles. The Kier molecular flexibility index (Phi) is 6.43. The smallest absolute Gasteiger partial charge is 0.317 e. The minimum atomic E-state index is -0.885. The number of carbonyl (C=O) groups is 3. The lowest BCUT2D eigenvalue weighted by Crippen LogP contribution is -2.40. The summed E-state index contributed by atoms with van der Waals surface area (Å²) in [5.74, 6) is -0.533. The molecule has 8 heteroatoms. The Labute approximate surface area is 152 Å². The highest BCUT2D eigenvalue weighted by Gasteiger charge is 2.42. The molecule has 1 unspecified atom stereocenters. The highest BCUT2D eigenvalue weighted by atomic mass is 16.5. The van der Waals surface area contributed by atoms with Gasteiger partial charge in [-0.15, -0.1) is 0 Å². The van der Waals surface area contributed by atoms with Gasteiger partial charge in [0.2, 0.25) is 0 Å². The number of benzene rings is 1. The van der Waals surface area contributed by atoms with E-state index in [2.05, 4.69) is 10.6 Å². The van der Waals surface area contributed by atoms with Crippen LogP contribution in [-0.4, -0.2) is 54.2 Å². The molecule has 3 N–H and O–H groups in total. The second-order valence-corrected chi connectivity index (χ2v) is 6.59. The predicted octanol–water partition coefficient (Wildman–Crippen LogP) is 1.21. The first kappa shape index (κ1) is 19.6. The van der Waals surface area contributed by atoms with Gasteiger partial charge < -0.3 is 25.4 Å². The van der Waals surface area contributed by atoms with Crippen LogP contribution in [0.3, 0.4) is 0 Å². The van der Waals surface area contributed by atoms with Gasteiger partial charge in [0.15, 0.2) is 6.61 Å². The Morgan fingerprint density at radius 3 is 2.73 bits per heavy atom. The second-order valence-electron chi connectivity index (χ2n) is 6.59. The summed E-state index contributed by atoms with van der Waals surface area (Å²) in [6.45, 7) is 4.88. The normalized spacial score (nSPS) is 19.1. The number of carboxylic acid groups (broad SMARTS) is 1. The topological polar surface area (TPSA) is 108 Å². The number of urea groups is 1. The Bertz CT molecular complexity index is 679. The molecule has 2 rings (SSSR count). The summed E-state index contributed by atoms with van der Waals surface area (Å²) in [5, 5.41) is 14.7. The van der Waals surface area contributed by atoms with Gasteiger partial charge in [-0.05, 0) is 38.0 Å². The Balaban J connectivity index is 1.84. The van der Waals surface area contributed by atoms with E-state index in [1.54, 1.807) is 25.1 Å². The number of likely N-dealkylation sites (N-methyl/N-ethyl adjacent to an activating group) is 1. The monoisotopic (exact) mass is 363 g/mol. The SMILES string of the molecule is CCNC(=O)COc1cccc(CNC(=O)N2CCC(C)(C(=O)O)C2)c1. The summed E-state index contributed by atoms with van der Waals surface area (Å²) >= 11 is 0. The van der Waals surface area contributed by atoms with E-state index in [4.69, 9.17) is 4.74 Å². The van der Waals surface area contributed by atoms with E-state index in [1.807, 2.05) is 13.0 Å². The number of rotatable bonds is 7. The lowest BCUT2D eigenvalue weighted by molar-refractivity contribution is -0.147. The van der Waals surface area contributed by atoms with E-state index in [1.165, 1.54) is 4.90 Å².